The number of benzene rings is 2. The summed E-state index contributed by atoms with van der Waals surface area (Å²) in [5, 5.41) is 0. The van der Waals surface area contributed by atoms with E-state index in [-0.39, 0.29) is 17.8 Å². The Morgan fingerprint density at radius 3 is 2.45 bits per heavy atom. The summed E-state index contributed by atoms with van der Waals surface area (Å²) in [4.78, 5) is 17.8. The molecule has 4 aromatic rings. The fourth-order valence-electron chi connectivity index (χ4n) is 4.64. The van der Waals surface area contributed by atoms with Crippen molar-refractivity contribution in [3.05, 3.63) is 83.8 Å². The van der Waals surface area contributed by atoms with Crippen LogP contribution in [0.15, 0.2) is 71.1 Å². The molecule has 5 rings (SSSR count). The first-order chi connectivity index (χ1) is 16.0. The van der Waals surface area contributed by atoms with Gasteiger partial charge in [0.25, 0.3) is 5.91 Å². The van der Waals surface area contributed by atoms with Crippen molar-refractivity contribution in [2.24, 2.45) is 0 Å². The van der Waals surface area contributed by atoms with Crippen LogP contribution in [0, 0.1) is 5.82 Å². The molecule has 0 spiro atoms. The zero-order valence-corrected chi connectivity index (χ0v) is 19.0. The van der Waals surface area contributed by atoms with Gasteiger partial charge < -0.3 is 18.8 Å². The number of nitrogens with zero attached hydrogens (tertiary/aromatic N) is 3. The van der Waals surface area contributed by atoms with Gasteiger partial charge in [0.1, 0.15) is 17.3 Å². The molecule has 0 N–H and O–H groups in total. The maximum absolute atomic E-state index is 13.6. The Morgan fingerprint density at radius 2 is 1.76 bits per heavy atom. The minimum absolute atomic E-state index is 0.00946. The molecule has 1 saturated heterocycles. The Labute approximate surface area is 193 Å². The van der Waals surface area contributed by atoms with E-state index < -0.39 is 0 Å². The van der Waals surface area contributed by atoms with Crippen LogP contribution in [-0.2, 0) is 6.54 Å². The summed E-state index contributed by atoms with van der Waals surface area (Å²) in [6.07, 6.45) is 1.95. The highest BCUT2D eigenvalue weighted by Crippen LogP contribution is 2.32. The van der Waals surface area contributed by atoms with Gasteiger partial charge in [0.15, 0.2) is 5.58 Å². The number of aromatic nitrogens is 1. The first kappa shape index (κ1) is 21.5. The number of rotatable bonds is 5. The van der Waals surface area contributed by atoms with Gasteiger partial charge in [-0.2, -0.15) is 0 Å². The summed E-state index contributed by atoms with van der Waals surface area (Å²) in [7, 11) is 4.03. The molecule has 170 valence electrons. The predicted molar refractivity (Wildman–Crippen MR) is 128 cm³/mol. The van der Waals surface area contributed by atoms with E-state index in [0.717, 1.165) is 42.6 Å². The summed E-state index contributed by atoms with van der Waals surface area (Å²) in [6, 6.07) is 20.4. The van der Waals surface area contributed by atoms with Crippen molar-refractivity contribution in [1.29, 1.82) is 0 Å². The Balaban J connectivity index is 1.52. The molecule has 0 radical (unpaired) electrons. The van der Waals surface area contributed by atoms with Gasteiger partial charge >= 0.3 is 0 Å². The van der Waals surface area contributed by atoms with Gasteiger partial charge in [0.2, 0.25) is 0 Å². The second-order valence-corrected chi connectivity index (χ2v) is 8.92. The number of hydrogen-bond acceptors (Lipinski definition) is 3. The Kier molecular flexibility index (Phi) is 5.77. The third-order valence-electron chi connectivity index (χ3n) is 6.68. The number of amides is 1. The lowest BCUT2D eigenvalue weighted by Crippen LogP contribution is -2.44. The molecule has 1 amide bonds. The number of furan rings is 1. The molecule has 1 fully saturated rings. The average Bonchev–Trinajstić information content (AvgIpc) is 3.39. The van der Waals surface area contributed by atoms with E-state index in [1.807, 2.05) is 46.8 Å². The average molecular weight is 446 g/mol. The number of likely N-dealkylation sites (tertiary alicyclic amines) is 1. The van der Waals surface area contributed by atoms with Crippen molar-refractivity contribution in [1.82, 2.24) is 14.4 Å². The number of carbonyl (C=O) groups excluding carboxylic acids is 1. The highest BCUT2D eigenvalue weighted by molar-refractivity contribution is 5.98. The molecular formula is C27H28FN3O2. The van der Waals surface area contributed by atoms with Crippen molar-refractivity contribution in [2.75, 3.05) is 27.2 Å². The van der Waals surface area contributed by atoms with E-state index in [4.69, 9.17) is 4.42 Å². The van der Waals surface area contributed by atoms with Crippen molar-refractivity contribution >= 4 is 17.0 Å². The van der Waals surface area contributed by atoms with Gasteiger partial charge in [-0.15, -0.1) is 0 Å². The predicted octanol–water partition coefficient (Wildman–Crippen LogP) is 5.25. The molecular weight excluding hydrogens is 417 g/mol. The summed E-state index contributed by atoms with van der Waals surface area (Å²) in [6.45, 7) is 2.56. The van der Waals surface area contributed by atoms with Crippen LogP contribution in [0.2, 0.25) is 0 Å². The van der Waals surface area contributed by atoms with E-state index in [9.17, 15) is 9.18 Å². The van der Waals surface area contributed by atoms with Crippen LogP contribution < -0.4 is 0 Å². The largest absolute Gasteiger partial charge is 0.454 e. The van der Waals surface area contributed by atoms with Crippen LogP contribution in [0.4, 0.5) is 4.39 Å². The first-order valence-electron chi connectivity index (χ1n) is 11.4. The maximum atomic E-state index is 13.6. The lowest BCUT2D eigenvalue weighted by atomic mass is 10.0. The molecule has 6 heteroatoms. The molecule has 3 heterocycles. The Hall–Kier alpha value is -3.38. The second-order valence-electron chi connectivity index (χ2n) is 8.92. The Bertz CT molecular complexity index is 1250. The monoisotopic (exact) mass is 445 g/mol. The fraction of sp³-hybridized carbons (Fsp3) is 0.296. The number of halogens is 1. The minimum Gasteiger partial charge on any atom is -0.454 e. The smallest absolute Gasteiger partial charge is 0.270 e. The van der Waals surface area contributed by atoms with E-state index >= 15 is 0 Å². The van der Waals surface area contributed by atoms with Crippen LogP contribution in [0.5, 0.6) is 0 Å². The normalized spacial score (nSPS) is 15.2. The van der Waals surface area contributed by atoms with Crippen molar-refractivity contribution in [3.63, 3.8) is 0 Å². The van der Waals surface area contributed by atoms with Crippen molar-refractivity contribution < 1.29 is 13.6 Å². The number of fused-ring (bicyclic) bond motifs is 1. The lowest BCUT2D eigenvalue weighted by molar-refractivity contribution is 0.0650. The molecule has 0 unspecified atom stereocenters. The molecule has 1 aliphatic heterocycles. The van der Waals surface area contributed by atoms with E-state index in [1.54, 1.807) is 12.1 Å². The third-order valence-corrected chi connectivity index (χ3v) is 6.68. The molecule has 0 saturated carbocycles. The molecule has 0 bridgehead atoms. The van der Waals surface area contributed by atoms with E-state index in [0.29, 0.717) is 23.6 Å². The topological polar surface area (TPSA) is 41.6 Å². The zero-order chi connectivity index (χ0) is 22.9. The Morgan fingerprint density at radius 1 is 1.06 bits per heavy atom. The van der Waals surface area contributed by atoms with Gasteiger partial charge in [0, 0.05) is 37.3 Å². The van der Waals surface area contributed by atoms with E-state index in [1.165, 1.54) is 12.1 Å². The lowest BCUT2D eigenvalue weighted by Gasteiger charge is -2.35. The molecule has 0 atom stereocenters. The summed E-state index contributed by atoms with van der Waals surface area (Å²) in [5.74, 6) is 0.382. The zero-order valence-electron chi connectivity index (χ0n) is 19.0. The molecule has 33 heavy (non-hydrogen) atoms. The summed E-state index contributed by atoms with van der Waals surface area (Å²) in [5.41, 5.74) is 4.05. The van der Waals surface area contributed by atoms with Gasteiger partial charge in [0.05, 0.1) is 5.52 Å². The number of carbonyl (C=O) groups is 1. The first-order valence-corrected chi connectivity index (χ1v) is 11.4. The van der Waals surface area contributed by atoms with Crippen molar-refractivity contribution in [3.8, 4) is 11.3 Å². The maximum Gasteiger partial charge on any atom is 0.270 e. The number of piperidine rings is 1. The third kappa shape index (κ3) is 4.31. The van der Waals surface area contributed by atoms with Crippen LogP contribution in [0.1, 0.15) is 28.9 Å². The fourth-order valence-corrected chi connectivity index (χ4v) is 4.64. The molecule has 5 nitrogen and oxygen atoms in total. The van der Waals surface area contributed by atoms with E-state index in [2.05, 4.69) is 24.1 Å². The van der Waals surface area contributed by atoms with Crippen LogP contribution >= 0.6 is 0 Å². The van der Waals surface area contributed by atoms with Gasteiger partial charge in [-0.3, -0.25) is 4.79 Å². The molecule has 0 aliphatic carbocycles. The minimum atomic E-state index is -0.284. The van der Waals surface area contributed by atoms with Crippen LogP contribution in [0.25, 0.3) is 22.4 Å². The SMILES string of the molecule is CN1CCC(N(C)C(=O)c2cc3oc(-c4ccc(F)cc4)cc3n2Cc2ccccc2)CC1. The van der Waals surface area contributed by atoms with Gasteiger partial charge in [-0.05, 0) is 62.8 Å². The summed E-state index contributed by atoms with van der Waals surface area (Å²) < 4.78 is 21.5. The van der Waals surface area contributed by atoms with Crippen LogP contribution in [-0.4, -0.2) is 53.5 Å². The standard InChI is InChI=1S/C27H28FN3O2/c1-29-14-12-22(13-15-29)30(2)27(32)24-17-26-23(31(24)18-19-6-4-3-5-7-19)16-25(33-26)20-8-10-21(28)11-9-20/h3-11,16-17,22H,12-15,18H2,1-2H3. The second kappa shape index (κ2) is 8.87. The van der Waals surface area contributed by atoms with Gasteiger partial charge in [-0.25, -0.2) is 4.39 Å². The van der Waals surface area contributed by atoms with Crippen molar-refractivity contribution in [2.45, 2.75) is 25.4 Å². The molecule has 2 aromatic carbocycles. The highest BCUT2D eigenvalue weighted by Gasteiger charge is 2.28. The van der Waals surface area contributed by atoms with Gasteiger partial charge in [-0.1, -0.05) is 30.3 Å². The van der Waals surface area contributed by atoms with Crippen LogP contribution in [0.3, 0.4) is 0 Å². The molecule has 1 aliphatic rings. The quantitative estimate of drug-likeness (QED) is 0.421. The molecule has 2 aromatic heterocycles. The number of hydrogen-bond donors (Lipinski definition) is 0. The highest BCUT2D eigenvalue weighted by atomic mass is 19.1. The summed E-state index contributed by atoms with van der Waals surface area (Å²) >= 11 is 0.